The smallest absolute Gasteiger partial charge is 0.251 e. The number of amides is 1. The fourth-order valence-electron chi connectivity index (χ4n) is 5.77. The molecule has 1 aliphatic heterocycles. The Morgan fingerprint density at radius 2 is 1.60 bits per heavy atom. The first-order valence-electron chi connectivity index (χ1n) is 14.4. The fraction of sp³-hybridized carbons (Fsp3) is 0.382. The maximum atomic E-state index is 12.4. The zero-order valence-electron chi connectivity index (χ0n) is 23.1. The van der Waals surface area contributed by atoms with E-state index < -0.39 is 6.29 Å². The summed E-state index contributed by atoms with van der Waals surface area (Å²) in [5.74, 6) is -0.0899. The van der Waals surface area contributed by atoms with Crippen LogP contribution in [-0.4, -0.2) is 41.1 Å². The molecule has 1 saturated heterocycles. The predicted octanol–water partition coefficient (Wildman–Crippen LogP) is 6.08. The first kappa shape index (κ1) is 28.2. The SMILES string of the molecule is C=CCN(C[C@@H]1C[C@H](c2ccc(CO)cc2)O[C@H](c2ccc(CNC(=O)c3ccccc3)cc2)O1)C1CCCC1. The number of carbonyl (C=O) groups excluding carboxylic acids is 1. The molecule has 1 amide bonds. The molecule has 6 heteroatoms. The third kappa shape index (κ3) is 7.26. The zero-order valence-corrected chi connectivity index (χ0v) is 23.1. The van der Waals surface area contributed by atoms with Gasteiger partial charge in [0.2, 0.25) is 0 Å². The lowest BCUT2D eigenvalue weighted by molar-refractivity contribution is -0.253. The monoisotopic (exact) mass is 540 g/mol. The van der Waals surface area contributed by atoms with Gasteiger partial charge in [-0.1, -0.05) is 85.6 Å². The van der Waals surface area contributed by atoms with Gasteiger partial charge in [0.05, 0.1) is 18.8 Å². The molecule has 3 aromatic carbocycles. The summed E-state index contributed by atoms with van der Waals surface area (Å²) in [5, 5.41) is 12.5. The van der Waals surface area contributed by atoms with Gasteiger partial charge in [0.25, 0.3) is 5.91 Å². The van der Waals surface area contributed by atoms with Gasteiger partial charge in [-0.2, -0.15) is 0 Å². The molecule has 1 saturated carbocycles. The van der Waals surface area contributed by atoms with Gasteiger partial charge in [-0.05, 0) is 41.7 Å². The first-order chi connectivity index (χ1) is 19.6. The Hall–Kier alpha value is -3.29. The quantitative estimate of drug-likeness (QED) is 0.288. The summed E-state index contributed by atoms with van der Waals surface area (Å²) in [6, 6.07) is 25.9. The van der Waals surface area contributed by atoms with Crippen molar-refractivity contribution < 1.29 is 19.4 Å². The molecule has 0 spiro atoms. The van der Waals surface area contributed by atoms with Crippen molar-refractivity contribution in [3.63, 3.8) is 0 Å². The van der Waals surface area contributed by atoms with E-state index in [1.807, 2.05) is 84.9 Å². The summed E-state index contributed by atoms with van der Waals surface area (Å²) in [5.41, 5.74) is 4.59. The fourth-order valence-corrected chi connectivity index (χ4v) is 5.77. The van der Waals surface area contributed by atoms with E-state index >= 15 is 0 Å². The lowest BCUT2D eigenvalue weighted by Crippen LogP contribution is -2.43. The van der Waals surface area contributed by atoms with Gasteiger partial charge < -0.3 is 19.9 Å². The van der Waals surface area contributed by atoms with Crippen LogP contribution in [0.25, 0.3) is 0 Å². The summed E-state index contributed by atoms with van der Waals surface area (Å²) in [6.07, 6.45) is 7.18. The standard InChI is InChI=1S/C34H40N2O4/c1-2-20-36(30-10-6-7-11-30)23-31-21-32(27-16-14-26(24-37)15-17-27)40-34(39-31)29-18-12-25(13-19-29)22-35-33(38)28-8-4-3-5-9-28/h2-5,8-9,12-19,30-32,34,37H,1,6-7,10-11,20-24H2,(H,35,38)/t31-,32+,34+/m0/s1. The maximum Gasteiger partial charge on any atom is 0.251 e. The van der Waals surface area contributed by atoms with E-state index in [0.29, 0.717) is 18.2 Å². The van der Waals surface area contributed by atoms with E-state index in [4.69, 9.17) is 9.47 Å². The Balaban J connectivity index is 1.29. The highest BCUT2D eigenvalue weighted by Gasteiger charge is 2.34. The average Bonchev–Trinajstić information content (AvgIpc) is 3.55. The van der Waals surface area contributed by atoms with Crippen LogP contribution in [0.4, 0.5) is 0 Å². The first-order valence-corrected chi connectivity index (χ1v) is 14.4. The molecule has 3 atom stereocenters. The highest BCUT2D eigenvalue weighted by atomic mass is 16.7. The number of carbonyl (C=O) groups is 1. The topological polar surface area (TPSA) is 71.0 Å². The van der Waals surface area contributed by atoms with Crippen LogP contribution in [0.1, 0.15) is 77.1 Å². The lowest BCUT2D eigenvalue weighted by Gasteiger charge is -2.39. The molecule has 2 N–H and O–H groups in total. The number of benzene rings is 3. The Labute approximate surface area is 237 Å². The molecule has 1 aliphatic carbocycles. The van der Waals surface area contributed by atoms with E-state index in [0.717, 1.165) is 41.8 Å². The van der Waals surface area contributed by atoms with E-state index in [1.165, 1.54) is 25.7 Å². The molecule has 0 unspecified atom stereocenters. The van der Waals surface area contributed by atoms with Gasteiger partial charge in [-0.25, -0.2) is 0 Å². The van der Waals surface area contributed by atoms with Crippen LogP contribution in [0.5, 0.6) is 0 Å². The van der Waals surface area contributed by atoms with Crippen LogP contribution in [-0.2, 0) is 22.6 Å². The van der Waals surface area contributed by atoms with Crippen molar-refractivity contribution in [2.45, 2.75) is 69.8 Å². The van der Waals surface area contributed by atoms with Crippen LogP contribution in [0.15, 0.2) is 91.5 Å². The van der Waals surface area contributed by atoms with Gasteiger partial charge in [0, 0.05) is 43.2 Å². The molecule has 210 valence electrons. The summed E-state index contributed by atoms with van der Waals surface area (Å²) >= 11 is 0. The summed E-state index contributed by atoms with van der Waals surface area (Å²) < 4.78 is 13.1. The second kappa shape index (κ2) is 13.9. The average molecular weight is 541 g/mol. The molecular formula is C34H40N2O4. The van der Waals surface area contributed by atoms with E-state index in [2.05, 4.69) is 16.8 Å². The number of rotatable bonds is 11. The van der Waals surface area contributed by atoms with Crippen LogP contribution in [0.3, 0.4) is 0 Å². The van der Waals surface area contributed by atoms with E-state index in [9.17, 15) is 9.90 Å². The van der Waals surface area contributed by atoms with Gasteiger partial charge in [0.1, 0.15) is 0 Å². The van der Waals surface area contributed by atoms with Crippen LogP contribution < -0.4 is 5.32 Å². The van der Waals surface area contributed by atoms with E-state index in [-0.39, 0.29) is 24.7 Å². The number of aliphatic hydroxyl groups is 1. The second-order valence-corrected chi connectivity index (χ2v) is 10.8. The van der Waals surface area contributed by atoms with Gasteiger partial charge >= 0.3 is 0 Å². The number of hydrogen-bond acceptors (Lipinski definition) is 5. The number of nitrogens with zero attached hydrogens (tertiary/aromatic N) is 1. The molecule has 5 rings (SSSR count). The molecule has 0 radical (unpaired) electrons. The molecule has 0 bridgehead atoms. The maximum absolute atomic E-state index is 12.4. The number of ether oxygens (including phenoxy) is 2. The van der Waals surface area contributed by atoms with Crippen molar-refractivity contribution in [1.29, 1.82) is 0 Å². The predicted molar refractivity (Wildman–Crippen MR) is 157 cm³/mol. The second-order valence-electron chi connectivity index (χ2n) is 10.8. The van der Waals surface area contributed by atoms with Crippen molar-refractivity contribution in [1.82, 2.24) is 10.2 Å². The van der Waals surface area contributed by atoms with Gasteiger partial charge in [-0.3, -0.25) is 9.69 Å². The summed E-state index contributed by atoms with van der Waals surface area (Å²) in [7, 11) is 0. The molecule has 6 nitrogen and oxygen atoms in total. The van der Waals surface area contributed by atoms with Crippen LogP contribution in [0, 0.1) is 0 Å². The normalized spacial score (nSPS) is 21.4. The number of nitrogens with one attached hydrogen (secondary N) is 1. The zero-order chi connectivity index (χ0) is 27.7. The van der Waals surface area contributed by atoms with Crippen molar-refractivity contribution in [2.75, 3.05) is 13.1 Å². The van der Waals surface area contributed by atoms with Crippen molar-refractivity contribution in [2.24, 2.45) is 0 Å². The highest BCUT2D eigenvalue weighted by molar-refractivity contribution is 5.94. The Kier molecular flexibility index (Phi) is 9.79. The molecule has 0 aromatic heterocycles. The Morgan fingerprint density at radius 3 is 2.27 bits per heavy atom. The lowest BCUT2D eigenvalue weighted by atomic mass is 9.99. The summed E-state index contributed by atoms with van der Waals surface area (Å²) in [4.78, 5) is 15.0. The summed E-state index contributed by atoms with van der Waals surface area (Å²) in [6.45, 7) is 6.17. The molecule has 3 aromatic rings. The molecule has 1 heterocycles. The number of hydrogen-bond donors (Lipinski definition) is 2. The van der Waals surface area contributed by atoms with Crippen molar-refractivity contribution in [3.8, 4) is 0 Å². The number of aliphatic hydroxyl groups excluding tert-OH is 1. The van der Waals surface area contributed by atoms with Crippen LogP contribution >= 0.6 is 0 Å². The Bertz CT molecular complexity index is 1220. The molecule has 2 aliphatic rings. The molecule has 2 fully saturated rings. The van der Waals surface area contributed by atoms with Crippen LogP contribution in [0.2, 0.25) is 0 Å². The minimum Gasteiger partial charge on any atom is -0.392 e. The Morgan fingerprint density at radius 1 is 0.925 bits per heavy atom. The van der Waals surface area contributed by atoms with Crippen molar-refractivity contribution >= 4 is 5.91 Å². The van der Waals surface area contributed by atoms with Gasteiger partial charge in [0.15, 0.2) is 6.29 Å². The molecular weight excluding hydrogens is 500 g/mol. The van der Waals surface area contributed by atoms with Crippen molar-refractivity contribution in [3.05, 3.63) is 119 Å². The third-order valence-electron chi connectivity index (χ3n) is 8.00. The third-order valence-corrected chi connectivity index (χ3v) is 8.00. The minimum atomic E-state index is -0.497. The van der Waals surface area contributed by atoms with E-state index in [1.54, 1.807) is 0 Å². The highest BCUT2D eigenvalue weighted by Crippen LogP contribution is 2.38. The minimum absolute atomic E-state index is 0.00616. The van der Waals surface area contributed by atoms with Gasteiger partial charge in [-0.15, -0.1) is 6.58 Å². The largest absolute Gasteiger partial charge is 0.392 e. The molecule has 40 heavy (non-hydrogen) atoms.